The number of hydrogen-bond acceptors (Lipinski definition) is 2. The molecule has 3 aromatic carbocycles. The van der Waals surface area contributed by atoms with Crippen molar-refractivity contribution in [1.82, 2.24) is 0 Å². The third-order valence-corrected chi connectivity index (χ3v) is 3.67. The molecule has 0 spiro atoms. The van der Waals surface area contributed by atoms with Gasteiger partial charge in [0.15, 0.2) is 0 Å². The van der Waals surface area contributed by atoms with Crippen LogP contribution in [0.4, 0.5) is 24.5 Å². The molecular weight excluding hydrogens is 357 g/mol. The Bertz CT molecular complexity index is 1000. The smallest absolute Gasteiger partial charge is 0.255 e. The molecule has 3 rings (SSSR count). The van der Waals surface area contributed by atoms with Crippen molar-refractivity contribution in [3.63, 3.8) is 0 Å². The fourth-order valence-corrected chi connectivity index (χ4v) is 2.37. The van der Waals surface area contributed by atoms with Gasteiger partial charge in [-0.1, -0.05) is 18.2 Å². The summed E-state index contributed by atoms with van der Waals surface area (Å²) in [4.78, 5) is 24.6. The number of nitrogens with one attached hydrogen (secondary N) is 2. The van der Waals surface area contributed by atoms with Gasteiger partial charge in [-0.3, -0.25) is 9.59 Å². The van der Waals surface area contributed by atoms with Crippen LogP contribution in [-0.2, 0) is 0 Å². The number of rotatable bonds is 4. The summed E-state index contributed by atoms with van der Waals surface area (Å²) < 4.78 is 40.5. The van der Waals surface area contributed by atoms with Crippen LogP contribution in [0.15, 0.2) is 66.7 Å². The van der Waals surface area contributed by atoms with E-state index in [0.29, 0.717) is 0 Å². The highest BCUT2D eigenvalue weighted by Gasteiger charge is 2.15. The van der Waals surface area contributed by atoms with Gasteiger partial charge in [0.05, 0.1) is 0 Å². The van der Waals surface area contributed by atoms with Gasteiger partial charge in [0.1, 0.15) is 23.1 Å². The van der Waals surface area contributed by atoms with Gasteiger partial charge in [-0.05, 0) is 48.5 Å². The van der Waals surface area contributed by atoms with Crippen molar-refractivity contribution >= 4 is 23.2 Å². The average molecular weight is 370 g/mol. The Labute approximate surface area is 152 Å². The van der Waals surface area contributed by atoms with Crippen molar-refractivity contribution in [3.8, 4) is 0 Å². The zero-order valence-electron chi connectivity index (χ0n) is 13.8. The number of halogens is 3. The first-order chi connectivity index (χ1) is 12.9. The van der Waals surface area contributed by atoms with Gasteiger partial charge in [0, 0.05) is 16.8 Å². The summed E-state index contributed by atoms with van der Waals surface area (Å²) in [5.74, 6) is -3.67. The SMILES string of the molecule is O=C(Nc1cccc(F)c1)c1cccc(C(=O)Nc2c(F)cccc2F)c1. The van der Waals surface area contributed by atoms with Crippen LogP contribution in [-0.4, -0.2) is 11.8 Å². The second-order valence-corrected chi connectivity index (χ2v) is 5.60. The monoisotopic (exact) mass is 370 g/mol. The Hall–Kier alpha value is -3.61. The van der Waals surface area contributed by atoms with Crippen LogP contribution >= 0.6 is 0 Å². The molecule has 0 radical (unpaired) electrons. The molecule has 4 nitrogen and oxygen atoms in total. The molecule has 0 aliphatic carbocycles. The Kier molecular flexibility index (Phi) is 5.21. The first-order valence-corrected chi connectivity index (χ1v) is 7.86. The largest absolute Gasteiger partial charge is 0.322 e. The normalized spacial score (nSPS) is 10.3. The lowest BCUT2D eigenvalue weighted by Gasteiger charge is -2.09. The van der Waals surface area contributed by atoms with Crippen LogP contribution in [0.3, 0.4) is 0 Å². The lowest BCUT2D eigenvalue weighted by Crippen LogP contribution is -2.16. The maximum absolute atomic E-state index is 13.7. The van der Waals surface area contributed by atoms with Crippen molar-refractivity contribution in [2.24, 2.45) is 0 Å². The first kappa shape index (κ1) is 18.2. The van der Waals surface area contributed by atoms with Crippen LogP contribution in [0.5, 0.6) is 0 Å². The summed E-state index contributed by atoms with van der Waals surface area (Å²) in [6, 6.07) is 14.1. The molecule has 2 N–H and O–H groups in total. The summed E-state index contributed by atoms with van der Waals surface area (Å²) in [7, 11) is 0. The summed E-state index contributed by atoms with van der Waals surface area (Å²) in [6.45, 7) is 0. The molecule has 27 heavy (non-hydrogen) atoms. The molecule has 0 saturated carbocycles. The Morgan fingerprint density at radius 2 is 1.22 bits per heavy atom. The predicted octanol–water partition coefficient (Wildman–Crippen LogP) is 4.61. The van der Waals surface area contributed by atoms with E-state index in [2.05, 4.69) is 10.6 Å². The van der Waals surface area contributed by atoms with Gasteiger partial charge < -0.3 is 10.6 Å². The lowest BCUT2D eigenvalue weighted by atomic mass is 10.1. The maximum Gasteiger partial charge on any atom is 0.255 e. The number of amides is 2. The molecule has 3 aromatic rings. The summed E-state index contributed by atoms with van der Waals surface area (Å²) in [6.07, 6.45) is 0. The number of hydrogen-bond donors (Lipinski definition) is 2. The molecule has 0 fully saturated rings. The minimum atomic E-state index is -0.914. The molecule has 0 aromatic heterocycles. The van der Waals surface area contributed by atoms with Crippen LogP contribution in [0.25, 0.3) is 0 Å². The number of anilines is 2. The van der Waals surface area contributed by atoms with Crippen LogP contribution in [0.2, 0.25) is 0 Å². The second-order valence-electron chi connectivity index (χ2n) is 5.60. The molecule has 0 aliphatic heterocycles. The minimum Gasteiger partial charge on any atom is -0.322 e. The van der Waals surface area contributed by atoms with E-state index in [0.717, 1.165) is 18.2 Å². The fourth-order valence-electron chi connectivity index (χ4n) is 2.37. The molecule has 0 heterocycles. The van der Waals surface area contributed by atoms with E-state index in [9.17, 15) is 22.8 Å². The number of benzene rings is 3. The zero-order valence-corrected chi connectivity index (χ0v) is 13.8. The molecule has 2 amide bonds. The van der Waals surface area contributed by atoms with Gasteiger partial charge in [-0.25, -0.2) is 13.2 Å². The standard InChI is InChI=1S/C20H13F3N2O2/c21-14-6-2-7-15(11-14)24-19(26)12-4-1-5-13(10-12)20(27)25-18-16(22)8-3-9-17(18)23/h1-11H,(H,24,26)(H,25,27). The topological polar surface area (TPSA) is 58.2 Å². The van der Waals surface area contributed by atoms with Crippen molar-refractivity contribution < 1.29 is 22.8 Å². The number of carbonyl (C=O) groups is 2. The molecule has 136 valence electrons. The predicted molar refractivity (Wildman–Crippen MR) is 95.1 cm³/mol. The number of para-hydroxylation sites is 1. The molecule has 0 bridgehead atoms. The van der Waals surface area contributed by atoms with E-state index >= 15 is 0 Å². The molecule has 0 saturated heterocycles. The average Bonchev–Trinajstić information content (AvgIpc) is 2.65. The maximum atomic E-state index is 13.7. The summed E-state index contributed by atoms with van der Waals surface area (Å²) >= 11 is 0. The second kappa shape index (κ2) is 7.74. The van der Waals surface area contributed by atoms with Gasteiger partial charge in [-0.2, -0.15) is 0 Å². The highest BCUT2D eigenvalue weighted by atomic mass is 19.1. The van der Waals surface area contributed by atoms with Gasteiger partial charge in [0.2, 0.25) is 0 Å². The highest BCUT2D eigenvalue weighted by molar-refractivity contribution is 6.08. The highest BCUT2D eigenvalue weighted by Crippen LogP contribution is 2.19. The first-order valence-electron chi connectivity index (χ1n) is 7.86. The van der Waals surface area contributed by atoms with Crippen molar-refractivity contribution in [1.29, 1.82) is 0 Å². The van der Waals surface area contributed by atoms with Crippen molar-refractivity contribution in [2.45, 2.75) is 0 Å². The Morgan fingerprint density at radius 3 is 1.85 bits per heavy atom. The molecular formula is C20H13F3N2O2. The Morgan fingerprint density at radius 1 is 0.667 bits per heavy atom. The molecule has 7 heteroatoms. The van der Waals surface area contributed by atoms with E-state index in [1.165, 1.54) is 48.5 Å². The third kappa shape index (κ3) is 4.33. The van der Waals surface area contributed by atoms with E-state index in [-0.39, 0.29) is 16.8 Å². The quantitative estimate of drug-likeness (QED) is 0.705. The van der Waals surface area contributed by atoms with E-state index in [4.69, 9.17) is 0 Å². The third-order valence-electron chi connectivity index (χ3n) is 3.67. The molecule has 0 unspecified atom stereocenters. The Balaban J connectivity index is 1.78. The van der Waals surface area contributed by atoms with E-state index < -0.39 is 35.0 Å². The minimum absolute atomic E-state index is 0.0320. The van der Waals surface area contributed by atoms with Crippen LogP contribution in [0.1, 0.15) is 20.7 Å². The number of carbonyl (C=O) groups excluding carboxylic acids is 2. The van der Waals surface area contributed by atoms with E-state index in [1.807, 2.05) is 0 Å². The van der Waals surface area contributed by atoms with Crippen molar-refractivity contribution in [3.05, 3.63) is 95.3 Å². The van der Waals surface area contributed by atoms with Gasteiger partial charge >= 0.3 is 0 Å². The van der Waals surface area contributed by atoms with Gasteiger partial charge in [-0.15, -0.1) is 0 Å². The zero-order chi connectivity index (χ0) is 19.4. The molecule has 0 atom stereocenters. The fraction of sp³-hybridized carbons (Fsp3) is 0. The van der Waals surface area contributed by atoms with Crippen LogP contribution < -0.4 is 10.6 Å². The van der Waals surface area contributed by atoms with Gasteiger partial charge in [0.25, 0.3) is 11.8 Å². The summed E-state index contributed by atoms with van der Waals surface area (Å²) in [5, 5.41) is 4.65. The summed E-state index contributed by atoms with van der Waals surface area (Å²) in [5.41, 5.74) is -0.161. The van der Waals surface area contributed by atoms with E-state index in [1.54, 1.807) is 0 Å². The van der Waals surface area contributed by atoms with Crippen LogP contribution in [0, 0.1) is 17.5 Å². The molecule has 0 aliphatic rings. The van der Waals surface area contributed by atoms with Crippen molar-refractivity contribution in [2.75, 3.05) is 10.6 Å². The lowest BCUT2D eigenvalue weighted by molar-refractivity contribution is 0.102.